The Kier molecular flexibility index (Phi) is 5.92. The van der Waals surface area contributed by atoms with Crippen molar-refractivity contribution < 1.29 is 19.4 Å². The fourth-order valence-corrected chi connectivity index (χ4v) is 6.32. The molecule has 0 radical (unpaired) electrons. The molecule has 0 aliphatic heterocycles. The van der Waals surface area contributed by atoms with Crippen LogP contribution in [0.2, 0.25) is 0 Å². The first-order chi connectivity index (χ1) is 14.0. The van der Waals surface area contributed by atoms with Crippen molar-refractivity contribution in [1.29, 1.82) is 0 Å². The largest absolute Gasteiger partial charge is 0.493 e. The minimum Gasteiger partial charge on any atom is -0.493 e. The highest BCUT2D eigenvalue weighted by molar-refractivity contribution is 5.73. The quantitative estimate of drug-likeness (QED) is 0.395. The van der Waals surface area contributed by atoms with Crippen LogP contribution >= 0.6 is 0 Å². The molecule has 4 rings (SSSR count). The highest BCUT2D eigenvalue weighted by Gasteiger charge is 2.54. The summed E-state index contributed by atoms with van der Waals surface area (Å²) < 4.78 is 11.8. The van der Waals surface area contributed by atoms with Crippen molar-refractivity contribution in [2.45, 2.75) is 90.6 Å². The fourth-order valence-electron chi connectivity index (χ4n) is 6.32. The molecule has 0 aromatic heterocycles. The highest BCUT2D eigenvalue weighted by Crippen LogP contribution is 2.62. The molecule has 1 aromatic rings. The SMILES string of the molecule is CCCCOc1cc2c(c(OC(=O)CC)c1)[C@H]1CC[C@]3(C)[C@@H](O)CC[C@H]3[C@@H]1CC2. The summed E-state index contributed by atoms with van der Waals surface area (Å²) in [6, 6.07) is 4.13. The predicted molar refractivity (Wildman–Crippen MR) is 113 cm³/mol. The first kappa shape index (κ1) is 20.7. The van der Waals surface area contributed by atoms with Crippen molar-refractivity contribution in [3.8, 4) is 11.5 Å². The van der Waals surface area contributed by atoms with E-state index in [-0.39, 0.29) is 17.5 Å². The molecule has 5 atom stereocenters. The smallest absolute Gasteiger partial charge is 0.310 e. The van der Waals surface area contributed by atoms with Crippen LogP contribution in [0.5, 0.6) is 11.5 Å². The van der Waals surface area contributed by atoms with E-state index in [9.17, 15) is 9.90 Å². The number of hydrogen-bond acceptors (Lipinski definition) is 4. The molecule has 0 unspecified atom stereocenters. The molecule has 1 aromatic carbocycles. The van der Waals surface area contributed by atoms with Crippen molar-refractivity contribution in [2.75, 3.05) is 6.61 Å². The lowest BCUT2D eigenvalue weighted by Crippen LogP contribution is -2.44. The molecule has 2 saturated carbocycles. The number of ether oxygens (including phenoxy) is 2. The summed E-state index contributed by atoms with van der Waals surface area (Å²) >= 11 is 0. The Bertz CT molecular complexity index is 757. The van der Waals surface area contributed by atoms with Gasteiger partial charge in [0.15, 0.2) is 0 Å². The van der Waals surface area contributed by atoms with Crippen LogP contribution in [0.1, 0.15) is 89.2 Å². The Labute approximate surface area is 175 Å². The lowest BCUT2D eigenvalue weighted by atomic mass is 9.55. The van der Waals surface area contributed by atoms with E-state index in [1.165, 1.54) is 11.1 Å². The van der Waals surface area contributed by atoms with E-state index in [4.69, 9.17) is 9.47 Å². The zero-order chi connectivity index (χ0) is 20.6. The van der Waals surface area contributed by atoms with Crippen LogP contribution in [-0.4, -0.2) is 23.8 Å². The van der Waals surface area contributed by atoms with Crippen molar-refractivity contribution in [1.82, 2.24) is 0 Å². The van der Waals surface area contributed by atoms with Crippen LogP contribution in [0.15, 0.2) is 12.1 Å². The molecular formula is C25H36O4. The number of fused-ring (bicyclic) bond motifs is 5. The van der Waals surface area contributed by atoms with Crippen LogP contribution in [0, 0.1) is 17.3 Å². The molecule has 0 saturated heterocycles. The van der Waals surface area contributed by atoms with E-state index in [1.807, 2.05) is 13.0 Å². The van der Waals surface area contributed by atoms with Crippen LogP contribution in [0.4, 0.5) is 0 Å². The van der Waals surface area contributed by atoms with Crippen molar-refractivity contribution in [2.24, 2.45) is 17.3 Å². The summed E-state index contributed by atoms with van der Waals surface area (Å²) in [5.74, 6) is 2.93. The third kappa shape index (κ3) is 3.69. The Morgan fingerprint density at radius 1 is 1.21 bits per heavy atom. The van der Waals surface area contributed by atoms with Crippen LogP contribution in [0.25, 0.3) is 0 Å². The summed E-state index contributed by atoms with van der Waals surface area (Å²) in [4.78, 5) is 12.2. The summed E-state index contributed by atoms with van der Waals surface area (Å²) in [6.07, 6.45) is 8.65. The number of rotatable bonds is 6. The molecule has 1 N–H and O–H groups in total. The Balaban J connectivity index is 1.68. The number of carbonyl (C=O) groups is 1. The second-order valence-corrected chi connectivity index (χ2v) is 9.58. The lowest BCUT2D eigenvalue weighted by molar-refractivity contribution is -0.134. The van der Waals surface area contributed by atoms with Gasteiger partial charge in [0, 0.05) is 18.1 Å². The number of benzene rings is 1. The van der Waals surface area contributed by atoms with Gasteiger partial charge in [-0.2, -0.15) is 0 Å². The molecular weight excluding hydrogens is 364 g/mol. The van der Waals surface area contributed by atoms with E-state index < -0.39 is 0 Å². The van der Waals surface area contributed by atoms with Gasteiger partial charge in [0.1, 0.15) is 11.5 Å². The average Bonchev–Trinajstić information content (AvgIpc) is 3.02. The number of unbranched alkanes of at least 4 members (excludes halogenated alkanes) is 1. The second kappa shape index (κ2) is 8.29. The standard InChI is InChI=1S/C25H36O4/c1-4-6-13-28-17-14-16-7-8-18-19(24(16)21(15-17)29-23(27)5-2)11-12-25(3)20(18)9-10-22(25)26/h14-15,18-20,22,26H,4-13H2,1-3H3/t18-,19+,20+,22+,25+/m1/s1. The van der Waals surface area contributed by atoms with Crippen LogP contribution < -0.4 is 9.47 Å². The molecule has 29 heavy (non-hydrogen) atoms. The van der Waals surface area contributed by atoms with Gasteiger partial charge in [0.25, 0.3) is 0 Å². The zero-order valence-corrected chi connectivity index (χ0v) is 18.2. The maximum atomic E-state index is 12.2. The molecule has 0 amide bonds. The Morgan fingerprint density at radius 2 is 2.03 bits per heavy atom. The van der Waals surface area contributed by atoms with Crippen molar-refractivity contribution in [3.05, 3.63) is 23.3 Å². The lowest BCUT2D eigenvalue weighted by Gasteiger charge is -2.50. The van der Waals surface area contributed by atoms with E-state index in [2.05, 4.69) is 19.9 Å². The van der Waals surface area contributed by atoms with E-state index in [1.54, 1.807) is 0 Å². The van der Waals surface area contributed by atoms with Crippen molar-refractivity contribution in [3.63, 3.8) is 0 Å². The van der Waals surface area contributed by atoms with Crippen LogP contribution in [0.3, 0.4) is 0 Å². The number of hydrogen-bond donors (Lipinski definition) is 1. The molecule has 0 spiro atoms. The number of esters is 1. The monoisotopic (exact) mass is 400 g/mol. The zero-order valence-electron chi connectivity index (χ0n) is 18.2. The molecule has 3 aliphatic rings. The maximum Gasteiger partial charge on any atom is 0.310 e. The maximum absolute atomic E-state index is 12.2. The highest BCUT2D eigenvalue weighted by atomic mass is 16.5. The third-order valence-electron chi connectivity index (χ3n) is 7.99. The van der Waals surface area contributed by atoms with Crippen LogP contribution in [-0.2, 0) is 11.2 Å². The van der Waals surface area contributed by atoms with Gasteiger partial charge in [-0.25, -0.2) is 0 Å². The van der Waals surface area contributed by atoms with Gasteiger partial charge >= 0.3 is 5.97 Å². The third-order valence-corrected chi connectivity index (χ3v) is 7.99. The van der Waals surface area contributed by atoms with E-state index in [0.717, 1.165) is 62.9 Å². The number of aryl methyl sites for hydroxylation is 1. The molecule has 4 heteroatoms. The number of aliphatic hydroxyl groups excluding tert-OH is 1. The Morgan fingerprint density at radius 3 is 2.79 bits per heavy atom. The average molecular weight is 401 g/mol. The molecule has 2 fully saturated rings. The number of carbonyl (C=O) groups excluding carboxylic acids is 1. The summed E-state index contributed by atoms with van der Waals surface area (Å²) in [7, 11) is 0. The first-order valence-electron chi connectivity index (χ1n) is 11.7. The van der Waals surface area contributed by atoms with Gasteiger partial charge in [0.05, 0.1) is 12.7 Å². The minimum atomic E-state index is -0.183. The summed E-state index contributed by atoms with van der Waals surface area (Å²) in [5.41, 5.74) is 2.60. The normalized spacial score (nSPS) is 32.8. The van der Waals surface area contributed by atoms with Gasteiger partial charge in [-0.3, -0.25) is 4.79 Å². The summed E-state index contributed by atoms with van der Waals surface area (Å²) in [6.45, 7) is 6.98. The molecule has 4 nitrogen and oxygen atoms in total. The van der Waals surface area contributed by atoms with Gasteiger partial charge in [-0.15, -0.1) is 0 Å². The molecule has 0 heterocycles. The van der Waals surface area contributed by atoms with Crippen molar-refractivity contribution >= 4 is 5.97 Å². The second-order valence-electron chi connectivity index (χ2n) is 9.58. The molecule has 160 valence electrons. The summed E-state index contributed by atoms with van der Waals surface area (Å²) in [5, 5.41) is 10.6. The number of aliphatic hydroxyl groups is 1. The molecule has 0 bridgehead atoms. The van der Waals surface area contributed by atoms with Gasteiger partial charge < -0.3 is 14.6 Å². The van der Waals surface area contributed by atoms with Gasteiger partial charge in [0.2, 0.25) is 0 Å². The fraction of sp³-hybridized carbons (Fsp3) is 0.720. The minimum absolute atomic E-state index is 0.0577. The van der Waals surface area contributed by atoms with E-state index >= 15 is 0 Å². The van der Waals surface area contributed by atoms with E-state index in [0.29, 0.717) is 30.8 Å². The van der Waals surface area contributed by atoms with Gasteiger partial charge in [-0.05, 0) is 79.7 Å². The predicted octanol–water partition coefficient (Wildman–Crippen LogP) is 5.40. The van der Waals surface area contributed by atoms with Gasteiger partial charge in [-0.1, -0.05) is 27.2 Å². The molecule has 3 aliphatic carbocycles. The Hall–Kier alpha value is -1.55. The first-order valence-corrected chi connectivity index (χ1v) is 11.7. The topological polar surface area (TPSA) is 55.8 Å².